The van der Waals surface area contributed by atoms with Crippen LogP contribution in [0.15, 0.2) is 33.1 Å². The average molecular weight is 294 g/mol. The van der Waals surface area contributed by atoms with Crippen LogP contribution in [0.3, 0.4) is 0 Å². The molecule has 1 atom stereocenters. The number of rotatable bonds is 5. The van der Waals surface area contributed by atoms with E-state index in [1.54, 1.807) is 30.6 Å². The molecule has 20 heavy (non-hydrogen) atoms. The lowest BCUT2D eigenvalue weighted by molar-refractivity contribution is 0.151. The highest BCUT2D eigenvalue weighted by molar-refractivity contribution is 7.09. The van der Waals surface area contributed by atoms with Crippen molar-refractivity contribution in [3.05, 3.63) is 40.2 Å². The number of thiazole rings is 1. The van der Waals surface area contributed by atoms with Crippen molar-refractivity contribution in [2.24, 2.45) is 4.99 Å². The number of aliphatic hydroxyl groups is 1. The minimum absolute atomic E-state index is 0.324. The van der Waals surface area contributed by atoms with Gasteiger partial charge in [0, 0.05) is 18.6 Å². The Hall–Kier alpha value is -1.86. The first-order valence-electron chi connectivity index (χ1n) is 6.26. The van der Waals surface area contributed by atoms with E-state index in [2.05, 4.69) is 20.6 Å². The number of aryl methyl sites for hydroxylation is 1. The molecule has 7 heteroatoms. The van der Waals surface area contributed by atoms with Gasteiger partial charge in [-0.2, -0.15) is 0 Å². The predicted octanol–water partition coefficient (Wildman–Crippen LogP) is 1.44. The summed E-state index contributed by atoms with van der Waals surface area (Å²) in [4.78, 5) is 8.26. The van der Waals surface area contributed by atoms with E-state index < -0.39 is 6.10 Å². The fourth-order valence-corrected chi connectivity index (χ4v) is 2.20. The monoisotopic (exact) mass is 294 g/mol. The van der Waals surface area contributed by atoms with Crippen LogP contribution >= 0.6 is 11.3 Å². The van der Waals surface area contributed by atoms with Gasteiger partial charge in [0.1, 0.15) is 22.6 Å². The van der Waals surface area contributed by atoms with Gasteiger partial charge in [-0.15, -0.1) is 11.3 Å². The molecular weight excluding hydrogens is 276 g/mol. The molecule has 0 radical (unpaired) electrons. The molecule has 0 saturated heterocycles. The number of aromatic nitrogens is 1. The Morgan fingerprint density at radius 1 is 1.50 bits per heavy atom. The van der Waals surface area contributed by atoms with Crippen LogP contribution in [0, 0.1) is 6.92 Å². The van der Waals surface area contributed by atoms with Gasteiger partial charge in [-0.25, -0.2) is 4.98 Å². The third-order valence-electron chi connectivity index (χ3n) is 2.67. The largest absolute Gasteiger partial charge is 0.464 e. The minimum Gasteiger partial charge on any atom is -0.464 e. The quantitative estimate of drug-likeness (QED) is 0.574. The number of aliphatic hydroxyl groups excluding tert-OH is 1. The zero-order valence-corrected chi connectivity index (χ0v) is 12.3. The number of guanidine groups is 1. The number of aliphatic imine (C=N–C) groups is 1. The normalized spacial score (nSPS) is 13.2. The third-order valence-corrected chi connectivity index (χ3v) is 3.45. The lowest BCUT2D eigenvalue weighted by Crippen LogP contribution is -2.38. The maximum Gasteiger partial charge on any atom is 0.191 e. The van der Waals surface area contributed by atoms with E-state index in [-0.39, 0.29) is 0 Å². The number of hydrogen-bond donors (Lipinski definition) is 3. The van der Waals surface area contributed by atoms with E-state index in [1.807, 2.05) is 18.4 Å². The van der Waals surface area contributed by atoms with Gasteiger partial charge in [-0.1, -0.05) is 0 Å². The van der Waals surface area contributed by atoms with E-state index >= 15 is 0 Å². The molecule has 2 heterocycles. The minimum atomic E-state index is -0.706. The molecule has 0 spiro atoms. The maximum absolute atomic E-state index is 9.98. The van der Waals surface area contributed by atoms with Crippen molar-refractivity contribution in [3.8, 4) is 0 Å². The van der Waals surface area contributed by atoms with Crippen LogP contribution in [-0.4, -0.2) is 29.6 Å². The lowest BCUT2D eigenvalue weighted by Gasteiger charge is -2.13. The van der Waals surface area contributed by atoms with E-state index in [4.69, 9.17) is 4.42 Å². The topological polar surface area (TPSA) is 82.7 Å². The van der Waals surface area contributed by atoms with Gasteiger partial charge in [0.25, 0.3) is 0 Å². The van der Waals surface area contributed by atoms with E-state index in [1.165, 1.54) is 0 Å². The zero-order chi connectivity index (χ0) is 14.4. The Kier molecular flexibility index (Phi) is 5.14. The van der Waals surface area contributed by atoms with Crippen LogP contribution in [0.2, 0.25) is 0 Å². The fourth-order valence-electron chi connectivity index (χ4n) is 1.65. The molecule has 0 amide bonds. The Morgan fingerprint density at radius 2 is 2.35 bits per heavy atom. The Bertz CT molecular complexity index is 550. The van der Waals surface area contributed by atoms with E-state index in [9.17, 15) is 5.11 Å². The molecule has 2 rings (SSSR count). The van der Waals surface area contributed by atoms with Gasteiger partial charge in [-0.3, -0.25) is 4.99 Å². The third kappa shape index (κ3) is 4.07. The van der Waals surface area contributed by atoms with Crippen molar-refractivity contribution < 1.29 is 9.52 Å². The molecule has 0 aliphatic carbocycles. The summed E-state index contributed by atoms with van der Waals surface area (Å²) in [5.41, 5.74) is 0. The van der Waals surface area contributed by atoms with Crippen molar-refractivity contribution in [2.75, 3.05) is 13.6 Å². The molecule has 2 aromatic rings. The SMILES string of the molecule is CN=C(NCc1nccs1)NCC(O)c1ccc(C)o1. The molecular formula is C13H18N4O2S. The van der Waals surface area contributed by atoms with Crippen molar-refractivity contribution in [1.29, 1.82) is 0 Å². The molecule has 0 bridgehead atoms. The van der Waals surface area contributed by atoms with Crippen molar-refractivity contribution >= 4 is 17.3 Å². The summed E-state index contributed by atoms with van der Waals surface area (Å²) < 4.78 is 5.37. The fraction of sp³-hybridized carbons (Fsp3) is 0.385. The molecule has 0 aliphatic rings. The molecule has 3 N–H and O–H groups in total. The van der Waals surface area contributed by atoms with Gasteiger partial charge < -0.3 is 20.2 Å². The van der Waals surface area contributed by atoms with Crippen LogP contribution in [0.1, 0.15) is 22.6 Å². The highest BCUT2D eigenvalue weighted by atomic mass is 32.1. The van der Waals surface area contributed by atoms with Crippen LogP contribution in [0.4, 0.5) is 0 Å². The summed E-state index contributed by atoms with van der Waals surface area (Å²) in [5.74, 6) is 1.94. The van der Waals surface area contributed by atoms with Gasteiger partial charge in [-0.05, 0) is 19.1 Å². The maximum atomic E-state index is 9.98. The first kappa shape index (κ1) is 14.5. The summed E-state index contributed by atoms with van der Waals surface area (Å²) in [6, 6.07) is 3.60. The average Bonchev–Trinajstić information content (AvgIpc) is 3.10. The van der Waals surface area contributed by atoms with Gasteiger partial charge in [0.2, 0.25) is 0 Å². The van der Waals surface area contributed by atoms with Crippen LogP contribution in [-0.2, 0) is 6.54 Å². The van der Waals surface area contributed by atoms with Crippen molar-refractivity contribution in [3.63, 3.8) is 0 Å². The van der Waals surface area contributed by atoms with E-state index in [0.29, 0.717) is 24.8 Å². The summed E-state index contributed by atoms with van der Waals surface area (Å²) in [6.45, 7) is 2.77. The van der Waals surface area contributed by atoms with E-state index in [0.717, 1.165) is 10.8 Å². The van der Waals surface area contributed by atoms with Crippen LogP contribution in [0.25, 0.3) is 0 Å². The molecule has 1 unspecified atom stereocenters. The summed E-state index contributed by atoms with van der Waals surface area (Å²) in [5, 5.41) is 19.1. The van der Waals surface area contributed by atoms with Gasteiger partial charge in [0.15, 0.2) is 5.96 Å². The van der Waals surface area contributed by atoms with Crippen LogP contribution in [0.5, 0.6) is 0 Å². The van der Waals surface area contributed by atoms with Crippen molar-refractivity contribution in [2.45, 2.75) is 19.6 Å². The number of furan rings is 1. The highest BCUT2D eigenvalue weighted by Crippen LogP contribution is 2.14. The number of hydrogen-bond acceptors (Lipinski definition) is 5. The summed E-state index contributed by atoms with van der Waals surface area (Å²) >= 11 is 1.58. The standard InChI is InChI=1S/C13H18N4O2S/c1-9-3-4-11(19-9)10(18)7-16-13(14-2)17-8-12-15-5-6-20-12/h3-6,10,18H,7-8H2,1-2H3,(H2,14,16,17). The Morgan fingerprint density at radius 3 is 2.95 bits per heavy atom. The van der Waals surface area contributed by atoms with Gasteiger partial charge in [0.05, 0.1) is 13.1 Å². The second-order valence-corrected chi connectivity index (χ2v) is 5.18. The first-order valence-corrected chi connectivity index (χ1v) is 7.14. The lowest BCUT2D eigenvalue weighted by atomic mass is 10.3. The molecule has 6 nitrogen and oxygen atoms in total. The highest BCUT2D eigenvalue weighted by Gasteiger charge is 2.12. The Balaban J connectivity index is 1.79. The molecule has 0 aromatic carbocycles. The molecule has 108 valence electrons. The summed E-state index contributed by atoms with van der Waals surface area (Å²) in [6.07, 6.45) is 1.06. The Labute approximate surface area is 121 Å². The molecule has 0 fully saturated rings. The molecule has 0 saturated carbocycles. The molecule has 2 aromatic heterocycles. The molecule has 0 aliphatic heterocycles. The zero-order valence-electron chi connectivity index (χ0n) is 11.5. The second-order valence-electron chi connectivity index (χ2n) is 4.20. The number of nitrogens with one attached hydrogen (secondary N) is 2. The van der Waals surface area contributed by atoms with Crippen molar-refractivity contribution in [1.82, 2.24) is 15.6 Å². The van der Waals surface area contributed by atoms with Crippen LogP contribution < -0.4 is 10.6 Å². The summed E-state index contributed by atoms with van der Waals surface area (Å²) in [7, 11) is 1.68. The first-order chi connectivity index (χ1) is 9.69. The number of nitrogens with zero attached hydrogens (tertiary/aromatic N) is 2. The van der Waals surface area contributed by atoms with Gasteiger partial charge >= 0.3 is 0 Å². The smallest absolute Gasteiger partial charge is 0.191 e. The predicted molar refractivity (Wildman–Crippen MR) is 78.7 cm³/mol. The second kappa shape index (κ2) is 7.06.